The molecule has 0 saturated heterocycles. The van der Waals surface area contributed by atoms with E-state index in [0.717, 1.165) is 16.0 Å². The minimum atomic E-state index is -1.46. The van der Waals surface area contributed by atoms with E-state index in [0.29, 0.717) is 11.3 Å². The fraction of sp³-hybridized carbons (Fsp3) is 0.429. The van der Waals surface area contributed by atoms with Crippen molar-refractivity contribution in [2.45, 2.75) is 13.2 Å². The van der Waals surface area contributed by atoms with E-state index in [1.807, 2.05) is 0 Å². The van der Waals surface area contributed by atoms with Crippen molar-refractivity contribution in [1.29, 1.82) is 5.26 Å². The Balaban J connectivity index is 2.72. The number of amides is 3. The highest BCUT2D eigenvalue weighted by Gasteiger charge is 2.19. The van der Waals surface area contributed by atoms with Crippen molar-refractivity contribution >= 4 is 30.3 Å². The van der Waals surface area contributed by atoms with Gasteiger partial charge in [-0.05, 0) is 11.1 Å². The Morgan fingerprint density at radius 1 is 0.889 bits per heavy atom. The van der Waals surface area contributed by atoms with E-state index in [9.17, 15) is 24.0 Å². The number of rotatable bonds is 18. The van der Waals surface area contributed by atoms with E-state index in [-0.39, 0.29) is 45.9 Å². The standard InChI is InChI=1S/C21H28N6O9/c22-14-27(21(34)35)8-7-25(5-6-26(11-19(30)31)12-20(32)33)10-18(29)23-9-16-1-3-17(4-2-16)13-36-24-15-28/h1-4,15H,5-13H2,(H,23,29)(H,24,28)(H,30,31)(H,32,33)(H,34,35). The largest absolute Gasteiger partial charge is 0.480 e. The highest BCUT2D eigenvalue weighted by Crippen LogP contribution is 2.05. The van der Waals surface area contributed by atoms with Crippen molar-refractivity contribution in [3.63, 3.8) is 0 Å². The van der Waals surface area contributed by atoms with Gasteiger partial charge in [-0.2, -0.15) is 5.26 Å². The molecule has 0 atom stereocenters. The zero-order valence-electron chi connectivity index (χ0n) is 19.3. The lowest BCUT2D eigenvalue weighted by Gasteiger charge is -2.26. The van der Waals surface area contributed by atoms with Crippen LogP contribution in [0, 0.1) is 11.5 Å². The molecule has 0 aromatic heterocycles. The Bertz CT molecular complexity index is 919. The molecule has 0 bridgehead atoms. The first kappa shape index (κ1) is 29.8. The van der Waals surface area contributed by atoms with E-state index >= 15 is 0 Å². The van der Waals surface area contributed by atoms with Gasteiger partial charge in [-0.25, -0.2) is 15.2 Å². The highest BCUT2D eigenvalue weighted by molar-refractivity contribution is 5.78. The molecule has 15 heteroatoms. The monoisotopic (exact) mass is 508 g/mol. The van der Waals surface area contributed by atoms with Crippen LogP contribution in [0.4, 0.5) is 4.79 Å². The summed E-state index contributed by atoms with van der Waals surface area (Å²) in [5.74, 6) is -2.86. The number of hydroxylamine groups is 1. The lowest BCUT2D eigenvalue weighted by atomic mass is 10.1. The third kappa shape index (κ3) is 12.8. The first-order chi connectivity index (χ1) is 17.1. The van der Waals surface area contributed by atoms with Crippen molar-refractivity contribution in [3.05, 3.63) is 35.4 Å². The summed E-state index contributed by atoms with van der Waals surface area (Å²) in [6.45, 7) is -1.14. The predicted molar refractivity (Wildman–Crippen MR) is 121 cm³/mol. The van der Waals surface area contributed by atoms with Crippen molar-refractivity contribution in [3.8, 4) is 6.19 Å². The van der Waals surface area contributed by atoms with Crippen LogP contribution >= 0.6 is 0 Å². The molecule has 0 heterocycles. The van der Waals surface area contributed by atoms with Gasteiger partial charge in [0.1, 0.15) is 0 Å². The number of benzene rings is 1. The third-order valence-electron chi connectivity index (χ3n) is 4.69. The maximum atomic E-state index is 12.5. The summed E-state index contributed by atoms with van der Waals surface area (Å²) >= 11 is 0. The second kappa shape index (κ2) is 16.4. The second-order valence-corrected chi connectivity index (χ2v) is 7.43. The Morgan fingerprint density at radius 2 is 1.44 bits per heavy atom. The van der Waals surface area contributed by atoms with Crippen LogP contribution in [-0.2, 0) is 37.2 Å². The minimum absolute atomic E-state index is 0.0198. The van der Waals surface area contributed by atoms with Crippen LogP contribution in [0.1, 0.15) is 11.1 Å². The number of hydrogen-bond donors (Lipinski definition) is 5. The molecule has 0 saturated carbocycles. The fourth-order valence-electron chi connectivity index (χ4n) is 2.95. The number of aliphatic carboxylic acids is 2. The van der Waals surface area contributed by atoms with Crippen LogP contribution < -0.4 is 10.8 Å². The van der Waals surface area contributed by atoms with Crippen LogP contribution in [0.2, 0.25) is 0 Å². The number of carboxylic acid groups (broad SMARTS) is 3. The van der Waals surface area contributed by atoms with Gasteiger partial charge in [0.05, 0.1) is 32.8 Å². The summed E-state index contributed by atoms with van der Waals surface area (Å²) in [5.41, 5.74) is 3.64. The molecular weight excluding hydrogens is 480 g/mol. The summed E-state index contributed by atoms with van der Waals surface area (Å²) in [5, 5.41) is 38.6. The molecule has 3 amide bonds. The third-order valence-corrected chi connectivity index (χ3v) is 4.69. The van der Waals surface area contributed by atoms with Crippen molar-refractivity contribution in [1.82, 2.24) is 25.5 Å². The van der Waals surface area contributed by atoms with Crippen molar-refractivity contribution < 1.29 is 44.1 Å². The molecule has 1 aromatic carbocycles. The number of nitriles is 1. The molecule has 0 aliphatic rings. The molecule has 1 rings (SSSR count). The van der Waals surface area contributed by atoms with Gasteiger partial charge in [0.25, 0.3) is 0 Å². The van der Waals surface area contributed by atoms with E-state index in [2.05, 4.69) is 10.8 Å². The maximum Gasteiger partial charge on any atom is 0.420 e. The van der Waals surface area contributed by atoms with Gasteiger partial charge in [-0.3, -0.25) is 33.8 Å². The SMILES string of the molecule is N#CN(CCN(CCN(CC(=O)O)CC(=O)O)CC(=O)NCc1ccc(CONC=O)cc1)C(=O)O. The van der Waals surface area contributed by atoms with Crippen molar-refractivity contribution in [2.24, 2.45) is 0 Å². The lowest BCUT2D eigenvalue weighted by Crippen LogP contribution is -2.45. The molecule has 15 nitrogen and oxygen atoms in total. The molecule has 0 radical (unpaired) electrons. The van der Waals surface area contributed by atoms with Crippen LogP contribution in [-0.4, -0.2) is 106 Å². The summed E-state index contributed by atoms with van der Waals surface area (Å²) in [6, 6.07) is 7.01. The van der Waals surface area contributed by atoms with E-state index in [1.54, 1.807) is 24.3 Å². The Labute approximate surface area is 206 Å². The van der Waals surface area contributed by atoms with Crippen LogP contribution in [0.15, 0.2) is 24.3 Å². The maximum absolute atomic E-state index is 12.5. The molecule has 0 aliphatic carbocycles. The predicted octanol–water partition coefficient (Wildman–Crippen LogP) is -1.29. The van der Waals surface area contributed by atoms with Gasteiger partial charge in [-0.1, -0.05) is 24.3 Å². The average molecular weight is 508 g/mol. The molecule has 0 unspecified atom stereocenters. The van der Waals surface area contributed by atoms with Gasteiger partial charge < -0.3 is 20.6 Å². The van der Waals surface area contributed by atoms with Gasteiger partial charge in [0.15, 0.2) is 6.19 Å². The average Bonchev–Trinajstić information content (AvgIpc) is 2.81. The summed E-state index contributed by atoms with van der Waals surface area (Å²) < 4.78 is 0. The molecule has 0 spiro atoms. The molecule has 0 fully saturated rings. The van der Waals surface area contributed by atoms with E-state index in [4.69, 9.17) is 25.4 Å². The summed E-state index contributed by atoms with van der Waals surface area (Å²) in [6.07, 6.45) is 0.448. The number of nitrogens with zero attached hydrogens (tertiary/aromatic N) is 4. The number of hydrogen-bond acceptors (Lipinski definition) is 9. The van der Waals surface area contributed by atoms with Gasteiger partial charge in [-0.15, -0.1) is 0 Å². The topological polar surface area (TPSA) is 213 Å². The Morgan fingerprint density at radius 3 is 1.97 bits per heavy atom. The van der Waals surface area contributed by atoms with Gasteiger partial charge >= 0.3 is 18.0 Å². The molecule has 0 aliphatic heterocycles. The normalized spacial score (nSPS) is 10.5. The lowest BCUT2D eigenvalue weighted by molar-refractivity contribution is -0.142. The fourth-order valence-corrected chi connectivity index (χ4v) is 2.95. The van der Waals surface area contributed by atoms with Gasteiger partial charge in [0.2, 0.25) is 12.3 Å². The minimum Gasteiger partial charge on any atom is -0.480 e. The van der Waals surface area contributed by atoms with Crippen LogP contribution in [0.25, 0.3) is 0 Å². The van der Waals surface area contributed by atoms with Crippen LogP contribution in [0.3, 0.4) is 0 Å². The zero-order chi connectivity index (χ0) is 26.9. The highest BCUT2D eigenvalue weighted by atomic mass is 16.6. The van der Waals surface area contributed by atoms with E-state index < -0.39 is 37.0 Å². The first-order valence-electron chi connectivity index (χ1n) is 10.6. The second-order valence-electron chi connectivity index (χ2n) is 7.43. The van der Waals surface area contributed by atoms with Crippen LogP contribution in [0.5, 0.6) is 0 Å². The van der Waals surface area contributed by atoms with Crippen molar-refractivity contribution in [2.75, 3.05) is 45.8 Å². The smallest absolute Gasteiger partial charge is 0.420 e. The Hall–Kier alpha value is -4.26. The summed E-state index contributed by atoms with van der Waals surface area (Å²) in [4.78, 5) is 63.8. The number of carbonyl (C=O) groups excluding carboxylic acids is 2. The van der Waals surface area contributed by atoms with E-state index in [1.165, 1.54) is 11.1 Å². The molecule has 36 heavy (non-hydrogen) atoms. The number of carboxylic acids is 2. The quantitative estimate of drug-likeness (QED) is 0.0515. The molecular formula is C21H28N6O9. The molecule has 196 valence electrons. The molecule has 5 N–H and O–H groups in total. The summed E-state index contributed by atoms with van der Waals surface area (Å²) in [7, 11) is 0. The number of carbonyl (C=O) groups is 5. The number of nitrogens with one attached hydrogen (secondary N) is 2. The first-order valence-corrected chi connectivity index (χ1v) is 10.6. The zero-order valence-corrected chi connectivity index (χ0v) is 19.3. The Kier molecular flexibility index (Phi) is 13.5. The van der Waals surface area contributed by atoms with Gasteiger partial charge in [0, 0.05) is 26.2 Å². The molecule has 1 aromatic rings.